The number of carbonyl (C=O) groups excluding carboxylic acids is 2. The molecule has 0 saturated heterocycles. The van der Waals surface area contributed by atoms with Crippen molar-refractivity contribution in [1.82, 2.24) is 0 Å². The van der Waals surface area contributed by atoms with Crippen molar-refractivity contribution in [3.8, 4) is 0 Å². The molecule has 128 valence electrons. The second kappa shape index (κ2) is 8.26. The highest BCUT2D eigenvalue weighted by Gasteiger charge is 2.22. The molecule has 3 rings (SSSR count). The minimum atomic E-state index is -0.273. The third kappa shape index (κ3) is 4.01. The highest BCUT2D eigenvalue weighted by Crippen LogP contribution is 2.29. The van der Waals surface area contributed by atoms with Crippen LogP contribution in [0.1, 0.15) is 26.3 Å². The molecule has 4 heteroatoms. The summed E-state index contributed by atoms with van der Waals surface area (Å²) in [6.07, 6.45) is 0. The van der Waals surface area contributed by atoms with Crippen molar-refractivity contribution < 1.29 is 9.59 Å². The molecule has 0 aliphatic heterocycles. The number of hydrogen-bond acceptors (Lipinski definition) is 2. The molecular weight excluding hydrogens is 412 g/mol. The van der Waals surface area contributed by atoms with Gasteiger partial charge in [-0.3, -0.25) is 9.59 Å². The van der Waals surface area contributed by atoms with E-state index in [-0.39, 0.29) is 16.0 Å². The normalized spacial score (nSPS) is 11.6. The van der Waals surface area contributed by atoms with Crippen molar-refractivity contribution in [3.05, 3.63) is 111 Å². The number of halogens is 2. The molecule has 0 amide bonds. The number of rotatable bonds is 5. The Morgan fingerprint density at radius 2 is 1.08 bits per heavy atom. The fourth-order valence-electron chi connectivity index (χ4n) is 2.54. The summed E-state index contributed by atoms with van der Waals surface area (Å²) >= 11 is 9.27. The molecule has 0 spiro atoms. The molecule has 0 unspecified atom stereocenters. The van der Waals surface area contributed by atoms with Crippen molar-refractivity contribution in [1.29, 1.82) is 0 Å². The fourth-order valence-corrected chi connectivity index (χ4v) is 3.30. The zero-order valence-corrected chi connectivity index (χ0v) is 16.0. The van der Waals surface area contributed by atoms with Crippen molar-refractivity contribution in [2.24, 2.45) is 0 Å². The largest absolute Gasteiger partial charge is 0.289 e. The van der Waals surface area contributed by atoms with E-state index in [0.29, 0.717) is 27.3 Å². The second-order valence-corrected chi connectivity index (χ2v) is 6.82. The molecule has 0 fully saturated rings. The lowest BCUT2D eigenvalue weighted by molar-refractivity contribution is 0.102. The number of Topliss-reactive ketones (excluding diaryl/α,β-unsaturated/α-hetero) is 2. The Bertz CT molecular complexity index is 962. The summed E-state index contributed by atoms with van der Waals surface area (Å²) in [4.78, 5) is 26.0. The average Bonchev–Trinajstić information content (AvgIpc) is 2.69. The van der Waals surface area contributed by atoms with Crippen LogP contribution in [-0.4, -0.2) is 11.6 Å². The molecule has 26 heavy (non-hydrogen) atoms. The van der Waals surface area contributed by atoms with Gasteiger partial charge in [0.1, 0.15) is 0 Å². The van der Waals surface area contributed by atoms with Crippen LogP contribution >= 0.6 is 27.5 Å². The van der Waals surface area contributed by atoms with Crippen molar-refractivity contribution in [3.63, 3.8) is 0 Å². The molecule has 0 N–H and O–H groups in total. The predicted molar refractivity (Wildman–Crippen MR) is 109 cm³/mol. The van der Waals surface area contributed by atoms with Crippen LogP contribution in [0.3, 0.4) is 0 Å². The Morgan fingerprint density at radius 1 is 0.615 bits per heavy atom. The molecule has 3 aromatic rings. The Labute approximate surface area is 165 Å². The van der Waals surface area contributed by atoms with E-state index in [1.54, 1.807) is 48.5 Å². The van der Waals surface area contributed by atoms with Crippen LogP contribution in [0.4, 0.5) is 0 Å². The van der Waals surface area contributed by atoms with Gasteiger partial charge in [0, 0.05) is 21.7 Å². The maximum Gasteiger partial charge on any atom is 0.200 e. The zero-order valence-electron chi connectivity index (χ0n) is 13.7. The van der Waals surface area contributed by atoms with E-state index >= 15 is 0 Å². The first kappa shape index (κ1) is 18.3. The molecule has 0 heterocycles. The van der Waals surface area contributed by atoms with E-state index in [1.165, 1.54) is 0 Å². The summed E-state index contributed by atoms with van der Waals surface area (Å²) in [5.41, 5.74) is 1.98. The van der Waals surface area contributed by atoms with Crippen LogP contribution in [0.25, 0.3) is 5.57 Å². The summed E-state index contributed by atoms with van der Waals surface area (Å²) in [5.74, 6) is -0.490. The van der Waals surface area contributed by atoms with Gasteiger partial charge in [0.05, 0.1) is 4.48 Å². The first-order valence-electron chi connectivity index (χ1n) is 7.93. The van der Waals surface area contributed by atoms with Gasteiger partial charge < -0.3 is 0 Å². The minimum absolute atomic E-state index is 0.217. The smallest absolute Gasteiger partial charge is 0.200 e. The minimum Gasteiger partial charge on any atom is -0.289 e. The topological polar surface area (TPSA) is 34.1 Å². The van der Waals surface area contributed by atoms with E-state index in [4.69, 9.17) is 11.6 Å². The molecular formula is C22H14BrClO2. The molecule has 0 saturated carbocycles. The Balaban J connectivity index is 2.13. The molecule has 0 atom stereocenters. The monoisotopic (exact) mass is 424 g/mol. The quantitative estimate of drug-likeness (QED) is 0.359. The first-order chi connectivity index (χ1) is 12.6. The average molecular weight is 426 g/mol. The lowest BCUT2D eigenvalue weighted by atomic mass is 9.94. The number of carbonyl (C=O) groups is 2. The Hall–Kier alpha value is -2.49. The van der Waals surface area contributed by atoms with Gasteiger partial charge >= 0.3 is 0 Å². The highest BCUT2D eigenvalue weighted by atomic mass is 79.9. The van der Waals surface area contributed by atoms with Crippen molar-refractivity contribution in [2.45, 2.75) is 0 Å². The first-order valence-corrected chi connectivity index (χ1v) is 9.10. The van der Waals surface area contributed by atoms with Crippen LogP contribution in [0, 0.1) is 0 Å². The predicted octanol–water partition coefficient (Wildman–Crippen LogP) is 6.21. The van der Waals surface area contributed by atoms with Gasteiger partial charge in [-0.25, -0.2) is 0 Å². The third-order valence-electron chi connectivity index (χ3n) is 3.85. The SMILES string of the molecule is O=C(/C(Br)=C(/C(=O)c1ccccc1)c1ccccc1)c1ccc(Cl)cc1. The van der Waals surface area contributed by atoms with Gasteiger partial charge in [-0.15, -0.1) is 0 Å². The molecule has 0 aliphatic carbocycles. The lowest BCUT2D eigenvalue weighted by Gasteiger charge is -2.11. The molecule has 2 nitrogen and oxygen atoms in total. The van der Waals surface area contributed by atoms with E-state index in [0.717, 1.165) is 0 Å². The van der Waals surface area contributed by atoms with E-state index in [1.807, 2.05) is 36.4 Å². The van der Waals surface area contributed by atoms with Gasteiger partial charge in [0.25, 0.3) is 0 Å². The second-order valence-electron chi connectivity index (χ2n) is 5.59. The highest BCUT2D eigenvalue weighted by molar-refractivity contribution is 9.12. The molecule has 0 aromatic heterocycles. The van der Waals surface area contributed by atoms with Gasteiger partial charge in [0.15, 0.2) is 5.78 Å². The maximum absolute atomic E-state index is 13.1. The van der Waals surface area contributed by atoms with E-state index in [2.05, 4.69) is 15.9 Å². The van der Waals surface area contributed by atoms with Gasteiger partial charge in [-0.2, -0.15) is 0 Å². The Morgan fingerprint density at radius 3 is 1.62 bits per heavy atom. The van der Waals surface area contributed by atoms with Gasteiger partial charge in [-0.1, -0.05) is 72.3 Å². The number of ketones is 2. The van der Waals surface area contributed by atoms with Gasteiger partial charge in [-0.05, 0) is 45.8 Å². The van der Waals surface area contributed by atoms with Crippen LogP contribution in [0.2, 0.25) is 5.02 Å². The molecule has 0 bridgehead atoms. The molecule has 3 aromatic carbocycles. The van der Waals surface area contributed by atoms with Crippen LogP contribution in [0.5, 0.6) is 0 Å². The fraction of sp³-hybridized carbons (Fsp3) is 0. The third-order valence-corrected chi connectivity index (χ3v) is 4.86. The molecule has 0 radical (unpaired) electrons. The van der Waals surface area contributed by atoms with Crippen molar-refractivity contribution in [2.75, 3.05) is 0 Å². The van der Waals surface area contributed by atoms with E-state index in [9.17, 15) is 9.59 Å². The standard InChI is InChI=1S/C22H14BrClO2/c23-20(22(26)17-11-13-18(24)14-12-17)19(15-7-3-1-4-8-15)21(25)16-9-5-2-6-10-16/h1-14H/b20-19-. The summed E-state index contributed by atoms with van der Waals surface area (Å²) in [6, 6.07) is 24.6. The summed E-state index contributed by atoms with van der Waals surface area (Å²) in [6.45, 7) is 0. The summed E-state index contributed by atoms with van der Waals surface area (Å²) in [5, 5.41) is 0.547. The van der Waals surface area contributed by atoms with Crippen LogP contribution in [0.15, 0.2) is 89.4 Å². The number of hydrogen-bond donors (Lipinski definition) is 0. The lowest BCUT2D eigenvalue weighted by Crippen LogP contribution is -2.09. The van der Waals surface area contributed by atoms with Crippen molar-refractivity contribution >= 4 is 44.7 Å². The van der Waals surface area contributed by atoms with Crippen LogP contribution in [-0.2, 0) is 0 Å². The molecule has 0 aliphatic rings. The number of allylic oxidation sites excluding steroid dienone is 2. The van der Waals surface area contributed by atoms with Crippen LogP contribution < -0.4 is 0 Å². The zero-order chi connectivity index (χ0) is 18.5. The number of benzene rings is 3. The Kier molecular flexibility index (Phi) is 5.82. The summed E-state index contributed by atoms with van der Waals surface area (Å²) < 4.78 is 0.222. The summed E-state index contributed by atoms with van der Waals surface area (Å²) in [7, 11) is 0. The van der Waals surface area contributed by atoms with E-state index < -0.39 is 0 Å². The maximum atomic E-state index is 13.1. The van der Waals surface area contributed by atoms with Gasteiger partial charge in [0.2, 0.25) is 5.78 Å².